The predicted molar refractivity (Wildman–Crippen MR) is 83.2 cm³/mol. The van der Waals surface area contributed by atoms with Gasteiger partial charge >= 0.3 is 0 Å². The van der Waals surface area contributed by atoms with Crippen LogP contribution in [0.5, 0.6) is 0 Å². The van der Waals surface area contributed by atoms with Crippen LogP contribution in [0.1, 0.15) is 25.6 Å². The lowest BCUT2D eigenvalue weighted by atomic mass is 10.2. The molecule has 1 amide bonds. The van der Waals surface area contributed by atoms with Crippen LogP contribution in [-0.4, -0.2) is 60.6 Å². The summed E-state index contributed by atoms with van der Waals surface area (Å²) >= 11 is 1.67. The fourth-order valence-electron chi connectivity index (χ4n) is 3.14. The normalized spacial score (nSPS) is 29.0. The number of amides is 1. The fourth-order valence-corrected chi connectivity index (χ4v) is 3.82. The third kappa shape index (κ3) is 3.13. The summed E-state index contributed by atoms with van der Waals surface area (Å²) in [4.78, 5) is 16.9. The van der Waals surface area contributed by atoms with Crippen molar-refractivity contribution in [3.05, 3.63) is 22.4 Å². The number of rotatable bonds is 4. The van der Waals surface area contributed by atoms with Gasteiger partial charge in [0.15, 0.2) is 0 Å². The quantitative estimate of drug-likeness (QED) is 0.910. The minimum absolute atomic E-state index is 0.00907. The average Bonchev–Trinajstić information content (AvgIpc) is 3.09. The van der Waals surface area contributed by atoms with E-state index >= 15 is 0 Å². The number of hydrogen-bond acceptors (Lipinski definition) is 5. The third-order valence-electron chi connectivity index (χ3n) is 4.27. The largest absolute Gasteiger partial charge is 0.379 e. The molecule has 1 N–H and O–H groups in total. The molecule has 0 aliphatic carbocycles. The van der Waals surface area contributed by atoms with Gasteiger partial charge in [0, 0.05) is 25.7 Å². The van der Waals surface area contributed by atoms with Gasteiger partial charge in [-0.1, -0.05) is 0 Å². The molecule has 0 spiro atoms. The summed E-state index contributed by atoms with van der Waals surface area (Å²) < 4.78 is 5.39. The Morgan fingerprint density at radius 2 is 2.24 bits per heavy atom. The van der Waals surface area contributed by atoms with E-state index in [1.54, 1.807) is 11.3 Å². The molecular weight excluding hydrogens is 286 g/mol. The fraction of sp³-hybridized carbons (Fsp3) is 0.667. The minimum Gasteiger partial charge on any atom is -0.379 e. The Hall–Kier alpha value is -0.950. The van der Waals surface area contributed by atoms with Crippen molar-refractivity contribution in [2.24, 2.45) is 0 Å². The maximum absolute atomic E-state index is 12.5. The van der Waals surface area contributed by atoms with Crippen molar-refractivity contribution in [2.45, 2.75) is 32.1 Å². The first-order valence-electron chi connectivity index (χ1n) is 7.57. The minimum atomic E-state index is -0.109. The standard InChI is InChI=1S/C15H23N3O2S/c1-11(9-17-4-6-20-7-5-17)18-14(13-3-8-21-10-13)16-12(2)15(18)19/h3,8,10-12,14,16H,4-7,9H2,1-2H3. The zero-order valence-electron chi connectivity index (χ0n) is 12.6. The summed E-state index contributed by atoms with van der Waals surface area (Å²) in [5.74, 6) is 0.201. The first-order chi connectivity index (χ1) is 10.2. The SMILES string of the molecule is CC1NC(c2ccsc2)N(C(C)CN2CCOCC2)C1=O. The third-order valence-corrected chi connectivity index (χ3v) is 4.97. The predicted octanol–water partition coefficient (Wildman–Crippen LogP) is 1.29. The highest BCUT2D eigenvalue weighted by atomic mass is 32.1. The maximum atomic E-state index is 12.5. The lowest BCUT2D eigenvalue weighted by molar-refractivity contribution is -0.132. The van der Waals surface area contributed by atoms with E-state index in [1.165, 1.54) is 5.56 Å². The zero-order chi connectivity index (χ0) is 14.8. The number of carbonyl (C=O) groups excluding carboxylic acids is 1. The second-order valence-corrected chi connectivity index (χ2v) is 6.64. The summed E-state index contributed by atoms with van der Waals surface area (Å²) in [5, 5.41) is 7.60. The number of hydrogen-bond donors (Lipinski definition) is 1. The van der Waals surface area contributed by atoms with Gasteiger partial charge < -0.3 is 9.64 Å². The second-order valence-electron chi connectivity index (χ2n) is 5.86. The van der Waals surface area contributed by atoms with Crippen LogP contribution in [-0.2, 0) is 9.53 Å². The number of nitrogens with zero attached hydrogens (tertiary/aromatic N) is 2. The molecule has 1 aromatic heterocycles. The van der Waals surface area contributed by atoms with Gasteiger partial charge in [0.1, 0.15) is 6.17 Å². The number of nitrogens with one attached hydrogen (secondary N) is 1. The summed E-state index contributed by atoms with van der Waals surface area (Å²) in [6.45, 7) is 8.50. The van der Waals surface area contributed by atoms with Gasteiger partial charge in [0.25, 0.3) is 0 Å². The number of ether oxygens (including phenoxy) is 1. The van der Waals surface area contributed by atoms with Gasteiger partial charge in [0.05, 0.1) is 19.3 Å². The molecular formula is C15H23N3O2S. The highest BCUT2D eigenvalue weighted by Crippen LogP contribution is 2.29. The highest BCUT2D eigenvalue weighted by molar-refractivity contribution is 7.07. The van der Waals surface area contributed by atoms with E-state index in [4.69, 9.17) is 4.74 Å². The van der Waals surface area contributed by atoms with Crippen LogP contribution in [0.4, 0.5) is 0 Å². The van der Waals surface area contributed by atoms with E-state index in [1.807, 2.05) is 11.8 Å². The smallest absolute Gasteiger partial charge is 0.241 e. The Bertz CT molecular complexity index is 473. The molecule has 3 rings (SSSR count). The molecule has 0 radical (unpaired) electrons. The molecule has 3 unspecified atom stereocenters. The van der Waals surface area contributed by atoms with Gasteiger partial charge in [-0.2, -0.15) is 11.3 Å². The van der Waals surface area contributed by atoms with Crippen LogP contribution >= 0.6 is 11.3 Å². The number of morpholine rings is 1. The van der Waals surface area contributed by atoms with E-state index in [0.717, 1.165) is 32.8 Å². The molecule has 3 atom stereocenters. The Kier molecular flexibility index (Phi) is 4.59. The van der Waals surface area contributed by atoms with Crippen molar-refractivity contribution in [1.29, 1.82) is 0 Å². The van der Waals surface area contributed by atoms with Crippen molar-refractivity contribution < 1.29 is 9.53 Å². The molecule has 0 saturated carbocycles. The van der Waals surface area contributed by atoms with Crippen molar-refractivity contribution in [3.63, 3.8) is 0 Å². The first kappa shape index (κ1) is 15.0. The van der Waals surface area contributed by atoms with Crippen LogP contribution in [0.25, 0.3) is 0 Å². The van der Waals surface area contributed by atoms with Crippen LogP contribution in [0.3, 0.4) is 0 Å². The Labute approximate surface area is 129 Å². The summed E-state index contributed by atoms with van der Waals surface area (Å²) in [7, 11) is 0. The molecule has 3 heterocycles. The van der Waals surface area contributed by atoms with Crippen molar-refractivity contribution in [1.82, 2.24) is 15.1 Å². The molecule has 6 heteroatoms. The lowest BCUT2D eigenvalue weighted by Crippen LogP contribution is -2.48. The zero-order valence-corrected chi connectivity index (χ0v) is 13.4. The summed E-state index contributed by atoms with van der Waals surface area (Å²) in [5.41, 5.74) is 1.19. The number of thiophene rings is 1. The van der Waals surface area contributed by atoms with E-state index in [0.29, 0.717) is 0 Å². The molecule has 2 saturated heterocycles. The van der Waals surface area contributed by atoms with Gasteiger partial charge in [-0.3, -0.25) is 15.0 Å². The van der Waals surface area contributed by atoms with E-state index in [9.17, 15) is 4.79 Å². The molecule has 0 aromatic carbocycles. The molecule has 21 heavy (non-hydrogen) atoms. The summed E-state index contributed by atoms with van der Waals surface area (Å²) in [6.07, 6.45) is 0.00907. The Morgan fingerprint density at radius 3 is 2.90 bits per heavy atom. The summed E-state index contributed by atoms with van der Waals surface area (Å²) in [6, 6.07) is 2.18. The second kappa shape index (κ2) is 6.44. The van der Waals surface area contributed by atoms with E-state index in [-0.39, 0.29) is 24.2 Å². The average molecular weight is 309 g/mol. The molecule has 0 bridgehead atoms. The monoisotopic (exact) mass is 309 g/mol. The van der Waals surface area contributed by atoms with Gasteiger partial charge in [-0.15, -0.1) is 0 Å². The molecule has 2 fully saturated rings. The number of carbonyl (C=O) groups is 1. The van der Waals surface area contributed by atoms with Crippen molar-refractivity contribution >= 4 is 17.2 Å². The van der Waals surface area contributed by atoms with E-state index < -0.39 is 0 Å². The van der Waals surface area contributed by atoms with E-state index in [2.05, 4.69) is 34.0 Å². The van der Waals surface area contributed by atoms with Crippen LogP contribution in [0.15, 0.2) is 16.8 Å². The Morgan fingerprint density at radius 1 is 1.48 bits per heavy atom. The van der Waals surface area contributed by atoms with Crippen molar-refractivity contribution in [2.75, 3.05) is 32.8 Å². The molecule has 2 aliphatic heterocycles. The van der Waals surface area contributed by atoms with Crippen molar-refractivity contribution in [3.8, 4) is 0 Å². The van der Waals surface area contributed by atoms with Gasteiger partial charge in [-0.05, 0) is 36.2 Å². The van der Waals surface area contributed by atoms with Gasteiger partial charge in [-0.25, -0.2) is 0 Å². The maximum Gasteiger partial charge on any atom is 0.241 e. The van der Waals surface area contributed by atoms with Gasteiger partial charge in [0.2, 0.25) is 5.91 Å². The van der Waals surface area contributed by atoms with Crippen LogP contribution in [0.2, 0.25) is 0 Å². The first-order valence-corrected chi connectivity index (χ1v) is 8.51. The Balaban J connectivity index is 1.72. The molecule has 116 valence electrons. The highest BCUT2D eigenvalue weighted by Gasteiger charge is 2.40. The molecule has 5 nitrogen and oxygen atoms in total. The van der Waals surface area contributed by atoms with Crippen LogP contribution in [0, 0.1) is 0 Å². The molecule has 1 aromatic rings. The molecule has 2 aliphatic rings. The topological polar surface area (TPSA) is 44.8 Å². The van der Waals surface area contributed by atoms with Crippen LogP contribution < -0.4 is 5.32 Å². The lowest BCUT2D eigenvalue weighted by Gasteiger charge is -2.35.